The van der Waals surface area contributed by atoms with Gasteiger partial charge in [0.05, 0.1) is 19.4 Å². The maximum absolute atomic E-state index is 10.3. The molecule has 0 bridgehead atoms. The summed E-state index contributed by atoms with van der Waals surface area (Å²) in [5, 5.41) is 18.3. The average molecular weight is 297 g/mol. The molecule has 0 saturated carbocycles. The van der Waals surface area contributed by atoms with Crippen molar-refractivity contribution >= 4 is 5.97 Å². The molecule has 0 amide bonds. The molecule has 0 spiro atoms. The quantitative estimate of drug-likeness (QED) is 0.257. The van der Waals surface area contributed by atoms with Crippen molar-refractivity contribution < 1.29 is 15.0 Å². The second-order valence-electron chi connectivity index (χ2n) is 5.76. The first-order valence-electron chi connectivity index (χ1n) is 8.51. The smallest absolute Gasteiger partial charge is 0.303 e. The minimum Gasteiger partial charge on any atom is -0.481 e. The number of rotatable bonds is 15. The minimum absolute atomic E-state index is 0.193. The van der Waals surface area contributed by atoms with Crippen LogP contribution in [0.5, 0.6) is 0 Å². The third-order valence-electron chi connectivity index (χ3n) is 3.62. The van der Waals surface area contributed by atoms with E-state index in [2.05, 4.69) is 19.1 Å². The van der Waals surface area contributed by atoms with Crippen LogP contribution >= 0.6 is 0 Å². The Morgan fingerprint density at radius 2 is 1.62 bits per heavy atom. The van der Waals surface area contributed by atoms with E-state index < -0.39 is 5.97 Å². The van der Waals surface area contributed by atoms with E-state index in [9.17, 15) is 9.90 Å². The molecule has 21 heavy (non-hydrogen) atoms. The van der Waals surface area contributed by atoms with Gasteiger partial charge < -0.3 is 10.2 Å². The molecule has 0 saturated heterocycles. The lowest BCUT2D eigenvalue weighted by Crippen LogP contribution is -2.04. The zero-order chi connectivity index (χ0) is 15.8. The Balaban J connectivity index is 3.26. The molecule has 0 rings (SSSR count). The largest absolute Gasteiger partial charge is 0.481 e. The number of allylic oxidation sites excluding steroid dienone is 1. The van der Waals surface area contributed by atoms with E-state index in [1.165, 1.54) is 6.42 Å². The fraction of sp³-hybridized carbons (Fsp3) is 0.778. The highest BCUT2D eigenvalue weighted by Gasteiger charge is 2.01. The molecule has 0 aromatic heterocycles. The summed E-state index contributed by atoms with van der Waals surface area (Å²) in [6.07, 6.45) is 16.8. The summed E-state index contributed by atoms with van der Waals surface area (Å²) in [6.45, 7) is 3.81. The second kappa shape index (κ2) is 15.4. The number of unbranched alkanes of at least 4 members (excludes halogenated alkanes) is 8. The van der Waals surface area contributed by atoms with Crippen LogP contribution in [0.2, 0.25) is 0 Å². The molecule has 0 aliphatic carbocycles. The van der Waals surface area contributed by atoms with Gasteiger partial charge in [-0.15, -0.1) is 0 Å². The summed E-state index contributed by atoms with van der Waals surface area (Å²) in [5.74, 6) is -0.692. The number of carbonyl (C=O) groups is 1. The van der Waals surface area contributed by atoms with E-state index >= 15 is 0 Å². The molecule has 0 aromatic rings. The summed E-state index contributed by atoms with van der Waals surface area (Å²) >= 11 is 0. The Morgan fingerprint density at radius 3 is 2.33 bits per heavy atom. The molecule has 0 aliphatic rings. The molecule has 0 fully saturated rings. The summed E-state index contributed by atoms with van der Waals surface area (Å²) in [7, 11) is 0. The van der Waals surface area contributed by atoms with Crippen LogP contribution in [0, 0.1) is 6.92 Å². The average Bonchev–Trinajstić information content (AvgIpc) is 2.45. The van der Waals surface area contributed by atoms with E-state index in [0.717, 1.165) is 70.6 Å². The molecule has 0 aliphatic heterocycles. The minimum atomic E-state index is -0.692. The predicted molar refractivity (Wildman–Crippen MR) is 88.2 cm³/mol. The molecular weight excluding hydrogens is 264 g/mol. The maximum Gasteiger partial charge on any atom is 0.303 e. The number of aliphatic hydroxyl groups is 1. The van der Waals surface area contributed by atoms with Crippen molar-refractivity contribution in [3.63, 3.8) is 0 Å². The Labute approximate surface area is 130 Å². The highest BCUT2D eigenvalue weighted by Crippen LogP contribution is 2.10. The van der Waals surface area contributed by atoms with E-state index in [1.54, 1.807) is 0 Å². The molecule has 2 N–H and O–H groups in total. The van der Waals surface area contributed by atoms with Crippen LogP contribution in [-0.4, -0.2) is 22.3 Å². The van der Waals surface area contributed by atoms with Gasteiger partial charge in [-0.1, -0.05) is 37.8 Å². The molecule has 0 aromatic carbocycles. The van der Waals surface area contributed by atoms with Crippen molar-refractivity contribution in [2.75, 3.05) is 0 Å². The van der Waals surface area contributed by atoms with Crippen LogP contribution in [0.4, 0.5) is 0 Å². The van der Waals surface area contributed by atoms with Gasteiger partial charge >= 0.3 is 5.97 Å². The number of hydrogen-bond donors (Lipinski definition) is 2. The molecule has 122 valence electrons. The van der Waals surface area contributed by atoms with Crippen LogP contribution in [0.15, 0.2) is 12.2 Å². The standard InChI is InChI=1S/C18H32O3/c1-2-3-4-11-14-17(19)15-12-9-7-5-6-8-10-13-16-18(20)21/h9,12,17,19H,1-8,10-11,13-16H2/p+1/b12-9-. The van der Waals surface area contributed by atoms with Crippen molar-refractivity contribution in [1.29, 1.82) is 0 Å². The van der Waals surface area contributed by atoms with Gasteiger partial charge in [-0.05, 0) is 44.9 Å². The predicted octanol–water partition coefficient (Wildman–Crippen LogP) is 4.89. The Bertz CT molecular complexity index is 261. The van der Waals surface area contributed by atoms with Crippen molar-refractivity contribution in [3.05, 3.63) is 19.1 Å². The third kappa shape index (κ3) is 17.0. The lowest BCUT2D eigenvalue weighted by atomic mass is 10.1. The lowest BCUT2D eigenvalue weighted by Gasteiger charge is -2.06. The van der Waals surface area contributed by atoms with Crippen LogP contribution in [-0.2, 0) is 4.79 Å². The Morgan fingerprint density at radius 1 is 0.952 bits per heavy atom. The monoisotopic (exact) mass is 297 g/mol. The highest BCUT2D eigenvalue weighted by atomic mass is 16.4. The Hall–Kier alpha value is -0.960. The van der Waals surface area contributed by atoms with E-state index in [4.69, 9.17) is 5.11 Å². The second-order valence-corrected chi connectivity index (χ2v) is 5.76. The summed E-state index contributed by atoms with van der Waals surface area (Å²) in [6, 6.07) is 0. The van der Waals surface area contributed by atoms with Crippen LogP contribution < -0.4 is 0 Å². The zero-order valence-corrected chi connectivity index (χ0v) is 13.4. The van der Waals surface area contributed by atoms with Gasteiger partial charge in [0.25, 0.3) is 0 Å². The van der Waals surface area contributed by atoms with Gasteiger partial charge in [-0.3, -0.25) is 4.79 Å². The number of carboxylic acids is 1. The van der Waals surface area contributed by atoms with Crippen LogP contribution in [0.25, 0.3) is 0 Å². The van der Waals surface area contributed by atoms with Crippen molar-refractivity contribution in [2.24, 2.45) is 0 Å². The van der Waals surface area contributed by atoms with Gasteiger partial charge in [0.1, 0.15) is 0 Å². The SMILES string of the molecule is [CH2+]CCCCCC(O)C/C=C\CCCCCCCC(=O)O. The zero-order valence-electron chi connectivity index (χ0n) is 13.4. The van der Waals surface area contributed by atoms with Crippen molar-refractivity contribution in [1.82, 2.24) is 0 Å². The lowest BCUT2D eigenvalue weighted by molar-refractivity contribution is -0.137. The van der Waals surface area contributed by atoms with Crippen LogP contribution in [0.1, 0.15) is 83.5 Å². The number of aliphatic carboxylic acids is 1. The van der Waals surface area contributed by atoms with Crippen molar-refractivity contribution in [3.8, 4) is 0 Å². The molecule has 0 heterocycles. The maximum atomic E-state index is 10.3. The van der Waals surface area contributed by atoms with Gasteiger partial charge in [0.15, 0.2) is 0 Å². The van der Waals surface area contributed by atoms with E-state index in [0.29, 0.717) is 6.42 Å². The molecular formula is C18H33O3+. The molecule has 3 nitrogen and oxygen atoms in total. The van der Waals surface area contributed by atoms with Crippen LogP contribution in [0.3, 0.4) is 0 Å². The van der Waals surface area contributed by atoms with Gasteiger partial charge in [0, 0.05) is 6.42 Å². The molecule has 1 unspecified atom stereocenters. The normalized spacial score (nSPS) is 12.8. The highest BCUT2D eigenvalue weighted by molar-refractivity contribution is 5.66. The summed E-state index contributed by atoms with van der Waals surface area (Å²) in [4.78, 5) is 10.3. The number of hydrogen-bond acceptors (Lipinski definition) is 2. The third-order valence-corrected chi connectivity index (χ3v) is 3.62. The summed E-state index contributed by atoms with van der Waals surface area (Å²) < 4.78 is 0. The van der Waals surface area contributed by atoms with Gasteiger partial charge in [0.2, 0.25) is 0 Å². The first-order chi connectivity index (χ1) is 10.2. The number of aliphatic hydroxyl groups excluding tert-OH is 1. The fourth-order valence-corrected chi connectivity index (χ4v) is 2.29. The summed E-state index contributed by atoms with van der Waals surface area (Å²) in [5.41, 5.74) is 0. The molecule has 3 heteroatoms. The van der Waals surface area contributed by atoms with Gasteiger partial charge in [-0.25, -0.2) is 0 Å². The first kappa shape index (κ1) is 20.0. The Kier molecular flexibility index (Phi) is 14.7. The molecule has 0 radical (unpaired) electrons. The van der Waals surface area contributed by atoms with E-state index in [1.807, 2.05) is 0 Å². The molecule has 1 atom stereocenters. The topological polar surface area (TPSA) is 57.5 Å². The number of carboxylic acid groups (broad SMARTS) is 1. The van der Waals surface area contributed by atoms with Crippen molar-refractivity contribution in [2.45, 2.75) is 89.6 Å². The van der Waals surface area contributed by atoms with E-state index in [-0.39, 0.29) is 6.10 Å². The fourth-order valence-electron chi connectivity index (χ4n) is 2.29. The van der Waals surface area contributed by atoms with Gasteiger partial charge in [-0.2, -0.15) is 0 Å². The first-order valence-corrected chi connectivity index (χ1v) is 8.51.